The van der Waals surface area contributed by atoms with E-state index in [2.05, 4.69) is 335 Å². The Morgan fingerprint density at radius 1 is 0.322 bits per heavy atom. The molecule has 4 atom stereocenters. The number of benzene rings is 4. The minimum atomic E-state index is -1.53. The molecule has 9 heteroatoms. The monoisotopic (exact) mass is 1290 g/mol. The predicted octanol–water partition coefficient (Wildman–Crippen LogP) is 15.9. The van der Waals surface area contributed by atoms with Crippen molar-refractivity contribution in [3.05, 3.63) is 283 Å². The first-order chi connectivity index (χ1) is 41.9. The van der Waals surface area contributed by atoms with Crippen molar-refractivity contribution in [2.45, 2.75) is 64.5 Å². The van der Waals surface area contributed by atoms with Crippen molar-refractivity contribution in [3.63, 3.8) is 0 Å². The summed E-state index contributed by atoms with van der Waals surface area (Å²) in [4.78, 5) is 8.65. The van der Waals surface area contributed by atoms with Gasteiger partial charge in [-0.2, -0.15) is 68.8 Å². The molecule has 8 aromatic rings. The van der Waals surface area contributed by atoms with Crippen LogP contribution in [0.25, 0.3) is 24.3 Å². The first-order valence-corrected chi connectivity index (χ1v) is 41.5. The van der Waals surface area contributed by atoms with Gasteiger partial charge in [-0.3, -0.25) is 0 Å². The molecule has 0 radical (unpaired) electrons. The molecule has 4 nitrogen and oxygen atoms in total. The van der Waals surface area contributed by atoms with Crippen LogP contribution in [0.15, 0.2) is 194 Å². The van der Waals surface area contributed by atoms with E-state index in [9.17, 15) is 0 Å². The number of hydrogen-bond donors (Lipinski definition) is 0. The minimum absolute atomic E-state index is 0.261. The summed E-state index contributed by atoms with van der Waals surface area (Å²) < 4.78 is 0. The van der Waals surface area contributed by atoms with Crippen LogP contribution in [0.1, 0.15) is 113 Å². The molecule has 0 fully saturated rings. The van der Waals surface area contributed by atoms with Crippen molar-refractivity contribution in [3.8, 4) is 0 Å². The van der Waals surface area contributed by atoms with Gasteiger partial charge in [-0.25, -0.2) is 0 Å². The summed E-state index contributed by atoms with van der Waals surface area (Å²) >= 11 is -0.826. The van der Waals surface area contributed by atoms with Gasteiger partial charge in [-0.05, 0) is 94.5 Å². The summed E-state index contributed by atoms with van der Waals surface area (Å²) in [5.74, 6) is 1.04. The van der Waals surface area contributed by atoms with E-state index < -0.39 is 38.4 Å². The van der Waals surface area contributed by atoms with Crippen LogP contribution < -0.4 is 40.3 Å². The van der Waals surface area contributed by atoms with E-state index >= 15 is 0 Å². The van der Waals surface area contributed by atoms with Crippen molar-refractivity contribution in [2.24, 2.45) is 0 Å². The Morgan fingerprint density at radius 2 is 0.506 bits per heavy atom. The van der Waals surface area contributed by atoms with E-state index in [0.717, 1.165) is 0 Å². The molecule has 0 saturated heterocycles. The molecule has 0 N–H and O–H groups in total. The summed E-state index contributed by atoms with van der Waals surface area (Å²) in [5.41, 5.74) is 27.6. The summed E-state index contributed by atoms with van der Waals surface area (Å²) in [6, 6.07) is 46.2. The zero-order valence-corrected chi connectivity index (χ0v) is 59.6. The van der Waals surface area contributed by atoms with Crippen LogP contribution in [0.2, 0.25) is 13.1 Å². The maximum atomic E-state index is 4.93. The number of anilines is 4. The summed E-state index contributed by atoms with van der Waals surface area (Å²) in [6.07, 6.45) is 36.8. The van der Waals surface area contributed by atoms with E-state index in [1.807, 2.05) is 0 Å². The molecule has 446 valence electrons. The van der Waals surface area contributed by atoms with Crippen LogP contribution >= 0.6 is 17.0 Å². The van der Waals surface area contributed by atoms with Gasteiger partial charge in [-0.15, -0.1) is 91.6 Å². The third-order valence-electron chi connectivity index (χ3n) is 18.4. The van der Waals surface area contributed by atoms with E-state index in [1.165, 1.54) is 112 Å². The number of aryl methyl sites for hydroxylation is 4. The van der Waals surface area contributed by atoms with Gasteiger partial charge in [-0.1, -0.05) is 138 Å². The zero-order valence-electron chi connectivity index (χ0n) is 53.3. The van der Waals surface area contributed by atoms with Gasteiger partial charge >= 0.3 is 37.9 Å². The quantitative estimate of drug-likeness (QED) is 0.0893. The van der Waals surface area contributed by atoms with E-state index in [1.54, 1.807) is 20.7 Å². The van der Waals surface area contributed by atoms with Crippen LogP contribution in [0.3, 0.4) is 0 Å². The van der Waals surface area contributed by atoms with Crippen LogP contribution in [-0.2, 0) is 20.8 Å². The van der Waals surface area contributed by atoms with Gasteiger partial charge in [0.15, 0.2) is 0 Å². The summed E-state index contributed by atoms with van der Waals surface area (Å²) in [7, 11) is 23.6. The summed E-state index contributed by atoms with van der Waals surface area (Å²) in [6.45, 7) is 14.4. The van der Waals surface area contributed by atoms with E-state index in [4.69, 9.17) is 17.0 Å². The van der Waals surface area contributed by atoms with Crippen molar-refractivity contribution in [1.82, 2.24) is 0 Å². The maximum absolute atomic E-state index is 4.93. The summed E-state index contributed by atoms with van der Waals surface area (Å²) in [5, 5.41) is 6.37. The third kappa shape index (κ3) is 13.2. The fraction of sp³-hybridized carbons (Fsp3) is 0.231. The molecule has 0 bridgehead atoms. The number of allylic oxidation sites excluding steroid dienone is 12. The molecule has 87 heavy (non-hydrogen) atoms. The molecule has 4 aliphatic carbocycles. The van der Waals surface area contributed by atoms with Crippen LogP contribution in [0.4, 0.5) is 22.7 Å². The van der Waals surface area contributed by atoms with E-state index in [0.29, 0.717) is 0 Å². The van der Waals surface area contributed by atoms with Crippen molar-refractivity contribution >= 4 is 102 Å². The first-order valence-electron chi connectivity index (χ1n) is 30.6. The number of rotatable bonds is 12. The Balaban J connectivity index is 0.000000184. The molecule has 0 heterocycles. The average Bonchev–Trinajstić information content (AvgIpc) is 1.66. The van der Waals surface area contributed by atoms with Gasteiger partial charge in [0.2, 0.25) is 0 Å². The number of hydrogen-bond acceptors (Lipinski definition) is 4. The molecule has 0 aromatic heterocycles. The number of halogens is 2. The van der Waals surface area contributed by atoms with Crippen LogP contribution in [-0.4, -0.2) is 74.0 Å². The topological polar surface area (TPSA) is 13.0 Å². The Labute approximate surface area is 542 Å². The third-order valence-corrected chi connectivity index (χ3v) is 25.0. The van der Waals surface area contributed by atoms with Gasteiger partial charge in [0, 0.05) is 96.7 Å². The molecular formula is C78H84Cl2N4Si2Zr-4. The fourth-order valence-corrected chi connectivity index (χ4v) is 20.8. The Hall–Kier alpha value is -6.70. The molecular weight excluding hydrogens is 1210 g/mol. The van der Waals surface area contributed by atoms with E-state index in [-0.39, 0.29) is 23.7 Å². The Kier molecular flexibility index (Phi) is 20.2. The molecule has 0 saturated carbocycles. The molecule has 8 aromatic carbocycles. The Morgan fingerprint density at radius 3 is 0.678 bits per heavy atom. The van der Waals surface area contributed by atoms with Gasteiger partial charge in [0.25, 0.3) is 0 Å². The van der Waals surface area contributed by atoms with Gasteiger partial charge in [0.05, 0.1) is 0 Å². The van der Waals surface area contributed by atoms with Crippen LogP contribution in [0, 0.1) is 27.7 Å². The molecule has 4 unspecified atom stereocenters. The number of fused-ring (bicyclic) bond motifs is 4. The SMILES string of the molecule is Cc1cc2c([c-]1[SiH](C)[c-]1c(C)cc3c1C=CC=CC3c1ccc(N(C)C)cc1)C=CC=CC2c1ccc(N(C)C)cc1.Cc1cc2c([c-]1[SiH](C)[c-]1c(C)cc3c1C=CC=CC3c1ccc(N(C)C)cc1)C=CC=CC2c1ccc(N(C)C)cc1.[Cl][Zr][Cl]. The second-order valence-electron chi connectivity index (χ2n) is 24.8. The molecule has 0 amide bonds. The number of nitrogens with zero attached hydrogens (tertiary/aromatic N) is 4. The standard InChI is InChI=1S/2C39H42N2Si.2ClH.Zr/c2*1-26-24-36-32(28-16-20-30(21-17-28)40(3)4)12-8-10-14-34(36)38(26)42(7)39-27(2)25-37-33(13-9-11-15-35(37)39)29-18-22-31(23-19-29)41(5)6;;;/h2*8-25,32-33,42H,1-7H3;2*1H;/q2*-2;;;+2/p-2. The van der Waals surface area contributed by atoms with Crippen molar-refractivity contribution in [1.29, 1.82) is 0 Å². The molecule has 0 aliphatic heterocycles. The van der Waals surface area contributed by atoms with Gasteiger partial charge < -0.3 is 19.6 Å². The Bertz CT molecular complexity index is 3440. The van der Waals surface area contributed by atoms with Gasteiger partial charge in [0.1, 0.15) is 0 Å². The second kappa shape index (κ2) is 27.8. The second-order valence-corrected chi connectivity index (χ2v) is 33.7. The predicted molar refractivity (Wildman–Crippen MR) is 387 cm³/mol. The average molecular weight is 1300 g/mol. The normalized spacial score (nSPS) is 17.4. The fourth-order valence-electron chi connectivity index (χ4n) is 14.2. The zero-order chi connectivity index (χ0) is 61.8. The molecule has 12 rings (SSSR count). The molecule has 0 spiro atoms. The first kappa shape index (κ1) is 63.3. The molecule has 4 aliphatic rings. The van der Waals surface area contributed by atoms with Crippen LogP contribution in [0.5, 0.6) is 0 Å². The van der Waals surface area contributed by atoms with Crippen molar-refractivity contribution in [2.75, 3.05) is 76.0 Å². The van der Waals surface area contributed by atoms with Crippen molar-refractivity contribution < 1.29 is 20.8 Å².